The second-order valence-corrected chi connectivity index (χ2v) is 7.55. The smallest absolute Gasteiger partial charge is 0.255 e. The molecular weight excluding hydrogens is 346 g/mol. The third-order valence-corrected chi connectivity index (χ3v) is 5.61. The van der Waals surface area contributed by atoms with Gasteiger partial charge in [0.25, 0.3) is 5.91 Å². The van der Waals surface area contributed by atoms with E-state index >= 15 is 0 Å². The van der Waals surface area contributed by atoms with Gasteiger partial charge < -0.3 is 4.90 Å². The topological polar surface area (TPSA) is 63.9 Å². The zero-order valence-corrected chi connectivity index (χ0v) is 15.5. The summed E-state index contributed by atoms with van der Waals surface area (Å²) in [5, 5.41) is 10.1. The Morgan fingerprint density at radius 1 is 1.35 bits per heavy atom. The highest BCUT2D eigenvalue weighted by atomic mass is 32.1. The molecule has 1 atom stereocenters. The van der Waals surface area contributed by atoms with Crippen molar-refractivity contribution in [1.82, 2.24) is 24.9 Å². The van der Waals surface area contributed by atoms with E-state index in [-0.39, 0.29) is 11.9 Å². The van der Waals surface area contributed by atoms with Gasteiger partial charge in [-0.15, -0.1) is 16.4 Å². The first-order chi connectivity index (χ1) is 12.7. The van der Waals surface area contributed by atoms with E-state index in [1.807, 2.05) is 11.0 Å². The first-order valence-corrected chi connectivity index (χ1v) is 9.78. The molecule has 0 spiro atoms. The fraction of sp³-hybridized carbons (Fsp3) is 0.368. The molecule has 1 fully saturated rings. The minimum atomic E-state index is 0.0211. The van der Waals surface area contributed by atoms with Crippen LogP contribution in [-0.4, -0.2) is 43.4 Å². The molecule has 134 valence electrons. The number of hydrogen-bond donors (Lipinski definition) is 0. The fourth-order valence-corrected chi connectivity index (χ4v) is 4.02. The number of amides is 1. The maximum absolute atomic E-state index is 13.2. The van der Waals surface area contributed by atoms with Crippen LogP contribution in [0.1, 0.15) is 40.9 Å². The zero-order valence-electron chi connectivity index (χ0n) is 14.7. The van der Waals surface area contributed by atoms with Gasteiger partial charge in [-0.05, 0) is 36.4 Å². The number of rotatable bonds is 3. The van der Waals surface area contributed by atoms with Crippen molar-refractivity contribution in [3.8, 4) is 0 Å². The van der Waals surface area contributed by atoms with Gasteiger partial charge in [0.15, 0.2) is 5.65 Å². The summed E-state index contributed by atoms with van der Waals surface area (Å²) in [5.74, 6) is 0.0211. The maximum Gasteiger partial charge on any atom is 0.255 e. The van der Waals surface area contributed by atoms with Crippen LogP contribution in [0.2, 0.25) is 0 Å². The highest BCUT2D eigenvalue weighted by Crippen LogP contribution is 2.22. The molecule has 26 heavy (non-hydrogen) atoms. The summed E-state index contributed by atoms with van der Waals surface area (Å²) in [4.78, 5) is 20.7. The molecule has 6 nitrogen and oxygen atoms in total. The summed E-state index contributed by atoms with van der Waals surface area (Å²) in [5.41, 5.74) is 1.92. The van der Waals surface area contributed by atoms with Gasteiger partial charge >= 0.3 is 0 Å². The summed E-state index contributed by atoms with van der Waals surface area (Å²) < 4.78 is 1.61. The SMILES string of the molecule is Cn1nnc2cc(C(=O)N3CCCCCC3C=Cc3cccs3)cnc21. The van der Waals surface area contributed by atoms with E-state index in [0.717, 1.165) is 32.2 Å². The number of hydrogen-bond acceptors (Lipinski definition) is 5. The second-order valence-electron chi connectivity index (χ2n) is 6.57. The number of nitrogens with zero attached hydrogens (tertiary/aromatic N) is 5. The number of aryl methyl sites for hydroxylation is 1. The summed E-state index contributed by atoms with van der Waals surface area (Å²) in [6.07, 6.45) is 10.3. The summed E-state index contributed by atoms with van der Waals surface area (Å²) in [6, 6.07) is 6.05. The van der Waals surface area contributed by atoms with E-state index in [9.17, 15) is 4.79 Å². The summed E-state index contributed by atoms with van der Waals surface area (Å²) in [6.45, 7) is 0.775. The fourth-order valence-electron chi connectivity index (χ4n) is 3.39. The predicted octanol–water partition coefficient (Wildman–Crippen LogP) is 3.52. The van der Waals surface area contributed by atoms with Gasteiger partial charge in [0, 0.05) is 24.7 Å². The minimum Gasteiger partial charge on any atom is -0.332 e. The Morgan fingerprint density at radius 2 is 2.27 bits per heavy atom. The lowest BCUT2D eigenvalue weighted by atomic mass is 10.1. The molecule has 1 amide bonds. The average molecular weight is 367 g/mol. The molecule has 3 aromatic heterocycles. The highest BCUT2D eigenvalue weighted by molar-refractivity contribution is 7.10. The molecule has 0 N–H and O–H groups in total. The number of thiophene rings is 1. The van der Waals surface area contributed by atoms with Crippen molar-refractivity contribution in [3.63, 3.8) is 0 Å². The molecule has 1 unspecified atom stereocenters. The van der Waals surface area contributed by atoms with Gasteiger partial charge in [-0.2, -0.15) is 0 Å². The van der Waals surface area contributed by atoms with Crippen LogP contribution in [0.4, 0.5) is 0 Å². The van der Waals surface area contributed by atoms with Crippen molar-refractivity contribution in [2.75, 3.05) is 6.54 Å². The van der Waals surface area contributed by atoms with Crippen LogP contribution in [0.3, 0.4) is 0 Å². The first kappa shape index (κ1) is 16.9. The van der Waals surface area contributed by atoms with E-state index in [4.69, 9.17) is 0 Å². The van der Waals surface area contributed by atoms with E-state index < -0.39 is 0 Å². The third-order valence-electron chi connectivity index (χ3n) is 4.77. The van der Waals surface area contributed by atoms with Crippen LogP contribution in [-0.2, 0) is 7.05 Å². The summed E-state index contributed by atoms with van der Waals surface area (Å²) >= 11 is 1.71. The van der Waals surface area contributed by atoms with Crippen molar-refractivity contribution in [1.29, 1.82) is 0 Å². The number of pyridine rings is 1. The highest BCUT2D eigenvalue weighted by Gasteiger charge is 2.25. The molecule has 4 rings (SSSR count). The van der Waals surface area contributed by atoms with Crippen molar-refractivity contribution in [3.05, 3.63) is 46.3 Å². The number of carbonyl (C=O) groups excluding carboxylic acids is 1. The van der Waals surface area contributed by atoms with Gasteiger partial charge in [0.1, 0.15) is 5.52 Å². The Bertz CT molecular complexity index is 931. The van der Waals surface area contributed by atoms with Gasteiger partial charge in [0.2, 0.25) is 0 Å². The molecule has 1 aliphatic rings. The maximum atomic E-state index is 13.2. The molecular formula is C19H21N5OS. The van der Waals surface area contributed by atoms with E-state index in [2.05, 4.69) is 38.9 Å². The van der Waals surface area contributed by atoms with Crippen molar-refractivity contribution in [2.45, 2.75) is 31.7 Å². The molecule has 0 bridgehead atoms. The van der Waals surface area contributed by atoms with Gasteiger partial charge in [-0.25, -0.2) is 9.67 Å². The monoisotopic (exact) mass is 367 g/mol. The van der Waals surface area contributed by atoms with Crippen LogP contribution in [0.25, 0.3) is 17.2 Å². The Hall–Kier alpha value is -2.54. The quantitative estimate of drug-likeness (QED) is 0.710. The molecule has 7 heteroatoms. The van der Waals surface area contributed by atoms with Crippen LogP contribution in [0.15, 0.2) is 35.9 Å². The molecule has 0 aromatic carbocycles. The lowest BCUT2D eigenvalue weighted by Gasteiger charge is -2.28. The molecule has 0 radical (unpaired) electrons. The number of aromatic nitrogens is 4. The van der Waals surface area contributed by atoms with E-state index in [0.29, 0.717) is 16.7 Å². The lowest BCUT2D eigenvalue weighted by molar-refractivity contribution is 0.0718. The number of carbonyl (C=O) groups is 1. The Morgan fingerprint density at radius 3 is 3.12 bits per heavy atom. The van der Waals surface area contributed by atoms with E-state index in [1.165, 1.54) is 4.88 Å². The average Bonchev–Trinajstić information content (AvgIpc) is 3.24. The van der Waals surface area contributed by atoms with Gasteiger partial charge in [-0.3, -0.25) is 4.79 Å². The standard InChI is InChI=1S/C19H21N5OS/c1-23-18-17(21-22-23)12-14(13-20-18)19(25)24-10-4-2-3-6-15(24)8-9-16-7-5-11-26-16/h5,7-9,11-13,15H,2-4,6,10H2,1H3. The number of fused-ring (bicyclic) bond motifs is 1. The predicted molar refractivity (Wildman–Crippen MR) is 103 cm³/mol. The first-order valence-electron chi connectivity index (χ1n) is 8.90. The molecule has 0 saturated carbocycles. The third kappa shape index (κ3) is 3.39. The normalized spacial score (nSPS) is 18.5. The Kier molecular flexibility index (Phi) is 4.79. The van der Waals surface area contributed by atoms with E-state index in [1.54, 1.807) is 35.3 Å². The van der Waals surface area contributed by atoms with Crippen molar-refractivity contribution < 1.29 is 4.79 Å². The van der Waals surface area contributed by atoms with Crippen LogP contribution in [0.5, 0.6) is 0 Å². The second kappa shape index (κ2) is 7.37. The Balaban J connectivity index is 1.61. The van der Waals surface area contributed by atoms with Crippen LogP contribution >= 0.6 is 11.3 Å². The summed E-state index contributed by atoms with van der Waals surface area (Å²) in [7, 11) is 1.80. The molecule has 1 aliphatic heterocycles. The molecule has 3 aromatic rings. The van der Waals surface area contributed by atoms with Crippen molar-refractivity contribution in [2.24, 2.45) is 7.05 Å². The largest absolute Gasteiger partial charge is 0.332 e. The number of likely N-dealkylation sites (tertiary alicyclic amines) is 1. The van der Waals surface area contributed by atoms with Gasteiger partial charge in [-0.1, -0.05) is 30.2 Å². The minimum absolute atomic E-state index is 0.0211. The van der Waals surface area contributed by atoms with Crippen molar-refractivity contribution >= 4 is 34.5 Å². The van der Waals surface area contributed by atoms with Crippen LogP contribution < -0.4 is 0 Å². The lowest BCUT2D eigenvalue weighted by Crippen LogP contribution is -2.39. The molecule has 4 heterocycles. The zero-order chi connectivity index (χ0) is 17.9. The molecule has 1 saturated heterocycles. The Labute approximate surface area is 156 Å². The van der Waals surface area contributed by atoms with Crippen LogP contribution in [0, 0.1) is 0 Å². The molecule has 0 aliphatic carbocycles. The van der Waals surface area contributed by atoms with Gasteiger partial charge in [0.05, 0.1) is 11.6 Å².